The number of hydrogen-bond acceptors (Lipinski definition) is 5. The van der Waals surface area contributed by atoms with Crippen LogP contribution in [-0.2, 0) is 12.1 Å². The molecule has 0 radical (unpaired) electrons. The molecule has 27 heavy (non-hydrogen) atoms. The van der Waals surface area contributed by atoms with Gasteiger partial charge in [0.05, 0.1) is 17.4 Å². The third kappa shape index (κ3) is 4.22. The van der Waals surface area contributed by atoms with Crippen molar-refractivity contribution >= 4 is 16.5 Å². The largest absolute Gasteiger partial charge is 0.346 e. The number of anilines is 1. The third-order valence-corrected chi connectivity index (χ3v) is 5.84. The maximum absolute atomic E-state index is 4.86. The van der Waals surface area contributed by atoms with Crippen molar-refractivity contribution < 1.29 is 0 Å². The summed E-state index contributed by atoms with van der Waals surface area (Å²) in [6, 6.07) is 10.4. The van der Waals surface area contributed by atoms with Crippen LogP contribution in [0.15, 0.2) is 48.1 Å². The lowest BCUT2D eigenvalue weighted by Crippen LogP contribution is -2.45. The first-order chi connectivity index (χ1) is 13.0. The number of thiazole rings is 1. The van der Waals surface area contributed by atoms with Gasteiger partial charge in [0.15, 0.2) is 5.13 Å². The van der Waals surface area contributed by atoms with Gasteiger partial charge in [-0.3, -0.25) is 9.58 Å². The standard InChI is InChI=1S/C21H27N5S/c1-21(2,3)26-15-17(13-22-26)14-24-9-11-25(12-10-24)20-23-19(16-27-20)18-7-5-4-6-8-18/h4-8,13,15-16H,9-12,14H2,1-3H3. The molecule has 0 bridgehead atoms. The molecule has 5 nitrogen and oxygen atoms in total. The number of aromatic nitrogens is 3. The summed E-state index contributed by atoms with van der Waals surface area (Å²) in [5.41, 5.74) is 3.60. The van der Waals surface area contributed by atoms with Crippen LogP contribution in [0.3, 0.4) is 0 Å². The number of hydrogen-bond donors (Lipinski definition) is 0. The van der Waals surface area contributed by atoms with E-state index in [1.165, 1.54) is 11.1 Å². The van der Waals surface area contributed by atoms with E-state index in [9.17, 15) is 0 Å². The van der Waals surface area contributed by atoms with Gasteiger partial charge in [0.25, 0.3) is 0 Å². The Morgan fingerprint density at radius 1 is 1.04 bits per heavy atom. The molecule has 142 valence electrons. The fraction of sp³-hybridized carbons (Fsp3) is 0.429. The lowest BCUT2D eigenvalue weighted by molar-refractivity contribution is 0.249. The molecular formula is C21H27N5S. The average molecular weight is 382 g/mol. The van der Waals surface area contributed by atoms with Gasteiger partial charge in [-0.2, -0.15) is 5.10 Å². The van der Waals surface area contributed by atoms with Gasteiger partial charge in [-0.15, -0.1) is 11.3 Å². The first-order valence-electron chi connectivity index (χ1n) is 9.51. The molecule has 6 heteroatoms. The fourth-order valence-corrected chi connectivity index (χ4v) is 4.20. The molecule has 0 saturated carbocycles. The summed E-state index contributed by atoms with van der Waals surface area (Å²) in [6.45, 7) is 11.7. The SMILES string of the molecule is CC(C)(C)n1cc(CN2CCN(c3nc(-c4ccccc4)cs3)CC2)cn1. The molecule has 1 aliphatic rings. The second kappa shape index (κ2) is 7.44. The minimum absolute atomic E-state index is 0.0399. The Kier molecular flexibility index (Phi) is 5.02. The first-order valence-corrected chi connectivity index (χ1v) is 10.4. The quantitative estimate of drug-likeness (QED) is 0.682. The van der Waals surface area contributed by atoms with Gasteiger partial charge < -0.3 is 4.90 Å². The Morgan fingerprint density at radius 2 is 1.78 bits per heavy atom. The molecule has 0 aliphatic carbocycles. The zero-order chi connectivity index (χ0) is 18.9. The number of nitrogens with zero attached hydrogens (tertiary/aromatic N) is 5. The number of rotatable bonds is 4. The van der Waals surface area contributed by atoms with Crippen LogP contribution in [0.25, 0.3) is 11.3 Å². The summed E-state index contributed by atoms with van der Waals surface area (Å²) >= 11 is 1.75. The summed E-state index contributed by atoms with van der Waals surface area (Å²) in [7, 11) is 0. The molecule has 0 atom stereocenters. The zero-order valence-corrected chi connectivity index (χ0v) is 17.1. The molecule has 3 aromatic rings. The second-order valence-corrected chi connectivity index (χ2v) is 8.95. The minimum atomic E-state index is 0.0399. The first kappa shape index (κ1) is 18.2. The maximum Gasteiger partial charge on any atom is 0.185 e. The molecule has 2 aromatic heterocycles. The highest BCUT2D eigenvalue weighted by Crippen LogP contribution is 2.28. The molecule has 1 aliphatic heterocycles. The van der Waals surface area contributed by atoms with Crippen LogP contribution in [-0.4, -0.2) is 45.8 Å². The van der Waals surface area contributed by atoms with Crippen LogP contribution in [0.4, 0.5) is 5.13 Å². The van der Waals surface area contributed by atoms with Crippen molar-refractivity contribution in [2.24, 2.45) is 0 Å². The minimum Gasteiger partial charge on any atom is -0.346 e. The van der Waals surface area contributed by atoms with Crippen molar-refractivity contribution in [1.29, 1.82) is 0 Å². The van der Waals surface area contributed by atoms with E-state index in [0.29, 0.717) is 0 Å². The Labute approximate surface area is 165 Å². The predicted octanol–water partition coefficient (Wildman–Crippen LogP) is 4.08. The van der Waals surface area contributed by atoms with Crippen molar-refractivity contribution in [3.63, 3.8) is 0 Å². The summed E-state index contributed by atoms with van der Waals surface area (Å²) in [4.78, 5) is 9.77. The van der Waals surface area contributed by atoms with Gasteiger partial charge in [0, 0.05) is 55.4 Å². The van der Waals surface area contributed by atoms with Crippen LogP contribution in [0, 0.1) is 0 Å². The van der Waals surface area contributed by atoms with Crippen LogP contribution in [0.2, 0.25) is 0 Å². The van der Waals surface area contributed by atoms with Crippen molar-refractivity contribution in [1.82, 2.24) is 19.7 Å². The van der Waals surface area contributed by atoms with Crippen LogP contribution in [0.5, 0.6) is 0 Å². The summed E-state index contributed by atoms with van der Waals surface area (Å²) < 4.78 is 2.05. The third-order valence-electron chi connectivity index (χ3n) is 4.93. The van der Waals surface area contributed by atoms with Crippen molar-refractivity contribution in [3.05, 3.63) is 53.7 Å². The van der Waals surface area contributed by atoms with Gasteiger partial charge in [-0.05, 0) is 20.8 Å². The summed E-state index contributed by atoms with van der Waals surface area (Å²) in [5, 5.41) is 7.82. The molecule has 1 fully saturated rings. The van der Waals surface area contributed by atoms with Gasteiger partial charge in [-0.1, -0.05) is 30.3 Å². The molecular weight excluding hydrogens is 354 g/mol. The zero-order valence-electron chi connectivity index (χ0n) is 16.3. The topological polar surface area (TPSA) is 37.2 Å². The lowest BCUT2D eigenvalue weighted by atomic mass is 10.1. The van der Waals surface area contributed by atoms with Gasteiger partial charge in [0.2, 0.25) is 0 Å². The van der Waals surface area contributed by atoms with Crippen molar-refractivity contribution in [2.75, 3.05) is 31.1 Å². The Hall–Kier alpha value is -2.18. The summed E-state index contributed by atoms with van der Waals surface area (Å²) in [6.07, 6.45) is 4.18. The lowest BCUT2D eigenvalue weighted by Gasteiger charge is -2.34. The smallest absolute Gasteiger partial charge is 0.185 e. The molecule has 0 spiro atoms. The van der Waals surface area contributed by atoms with E-state index in [-0.39, 0.29) is 5.54 Å². The normalized spacial score (nSPS) is 16.0. The second-order valence-electron chi connectivity index (χ2n) is 8.11. The van der Waals surface area contributed by atoms with Gasteiger partial charge >= 0.3 is 0 Å². The molecule has 1 aromatic carbocycles. The molecule has 1 saturated heterocycles. The highest BCUT2D eigenvalue weighted by Gasteiger charge is 2.21. The van der Waals surface area contributed by atoms with E-state index < -0.39 is 0 Å². The van der Waals surface area contributed by atoms with Crippen molar-refractivity contribution in [2.45, 2.75) is 32.9 Å². The van der Waals surface area contributed by atoms with E-state index in [1.54, 1.807) is 11.3 Å². The van der Waals surface area contributed by atoms with Gasteiger partial charge in [-0.25, -0.2) is 4.98 Å². The monoisotopic (exact) mass is 381 g/mol. The van der Waals surface area contributed by atoms with Gasteiger partial charge in [0.1, 0.15) is 0 Å². The molecule has 0 unspecified atom stereocenters. The number of benzene rings is 1. The Bertz CT molecular complexity index is 869. The Balaban J connectivity index is 1.34. The highest BCUT2D eigenvalue weighted by atomic mass is 32.1. The molecule has 0 amide bonds. The van der Waals surface area contributed by atoms with E-state index in [4.69, 9.17) is 4.98 Å². The molecule has 0 N–H and O–H groups in total. The maximum atomic E-state index is 4.86. The van der Waals surface area contributed by atoms with E-state index in [2.05, 4.69) is 76.2 Å². The molecule has 4 rings (SSSR count). The van der Waals surface area contributed by atoms with Crippen LogP contribution < -0.4 is 4.90 Å². The predicted molar refractivity (Wildman–Crippen MR) is 112 cm³/mol. The van der Waals surface area contributed by atoms with E-state index in [0.717, 1.165) is 43.5 Å². The van der Waals surface area contributed by atoms with E-state index in [1.807, 2.05) is 12.3 Å². The Morgan fingerprint density at radius 3 is 2.44 bits per heavy atom. The average Bonchev–Trinajstić information content (AvgIpc) is 3.33. The fourth-order valence-electron chi connectivity index (χ4n) is 3.32. The van der Waals surface area contributed by atoms with Crippen LogP contribution >= 0.6 is 11.3 Å². The van der Waals surface area contributed by atoms with E-state index >= 15 is 0 Å². The van der Waals surface area contributed by atoms with Crippen LogP contribution in [0.1, 0.15) is 26.3 Å². The highest BCUT2D eigenvalue weighted by molar-refractivity contribution is 7.14. The van der Waals surface area contributed by atoms with Crippen molar-refractivity contribution in [3.8, 4) is 11.3 Å². The summed E-state index contributed by atoms with van der Waals surface area (Å²) in [5.74, 6) is 0. The number of piperazine rings is 1. The molecule has 3 heterocycles.